The SMILES string of the molecule is CCCCCCCCCCCCCCCCCC[Si](C)(C)O[Si]12O[Si]3(O[Si](C)(C)O)O[Si]4(O[Si](C)(C)O)O[Si]5(O[Si](C)(C)O)O[Si](O[Si](C)(C)O)(O3)O[Si](O[Si](C)(C)O)(O[Si](O[Si](C)(C)O)(O5)O[Si](O[Si](C)(C)O)(O4)O1)O2. The molecule has 0 atom stereocenters. The van der Waals surface area contributed by atoms with Crippen LogP contribution < -0.4 is 0 Å². The molecular formula is C34H92O27Si16. The number of unbranched alkanes of at least 4 members (excludes halogenated alkanes) is 15. The zero-order valence-electron chi connectivity index (χ0n) is 48.3. The van der Waals surface area contributed by atoms with Crippen LogP contribution in [-0.2, 0) is 82.3 Å². The van der Waals surface area contributed by atoms with Crippen molar-refractivity contribution in [3.63, 3.8) is 0 Å². The topological polar surface area (TPSA) is 326 Å². The van der Waals surface area contributed by atoms with Gasteiger partial charge >= 0.3 is 132 Å². The molecule has 6 rings (SSSR count). The fourth-order valence-corrected chi connectivity index (χ4v) is 70.5. The molecular weight excluding hydrogens is 1290 g/mol. The van der Waals surface area contributed by atoms with Crippen molar-refractivity contribution in [1.29, 1.82) is 0 Å². The lowest BCUT2D eigenvalue weighted by molar-refractivity contribution is -0.133. The van der Waals surface area contributed by atoms with Crippen LogP contribution in [0.3, 0.4) is 0 Å². The Hall–Kier alpha value is 2.39. The first-order chi connectivity index (χ1) is 34.7. The van der Waals surface area contributed by atoms with E-state index in [4.69, 9.17) is 82.3 Å². The summed E-state index contributed by atoms with van der Waals surface area (Å²) in [5, 5.41) is 0. The molecule has 6 aliphatic rings. The van der Waals surface area contributed by atoms with Crippen LogP contribution in [0.5, 0.6) is 0 Å². The highest BCUT2D eigenvalue weighted by Crippen LogP contribution is 2.53. The first-order valence-electron chi connectivity index (χ1n) is 26.8. The molecule has 0 unspecified atom stereocenters. The average molecular weight is 1380 g/mol. The summed E-state index contributed by atoms with van der Waals surface area (Å²) in [5.74, 6) is 0. The maximum absolute atomic E-state index is 11.9. The van der Waals surface area contributed by atoms with Gasteiger partial charge in [-0.2, -0.15) is 0 Å². The van der Waals surface area contributed by atoms with E-state index in [9.17, 15) is 33.6 Å². The quantitative estimate of drug-likeness (QED) is 0.0328. The van der Waals surface area contributed by atoms with Gasteiger partial charge in [0.1, 0.15) is 0 Å². The van der Waals surface area contributed by atoms with Gasteiger partial charge in [0.25, 0.3) is 0 Å². The van der Waals surface area contributed by atoms with Gasteiger partial charge in [-0.15, -0.1) is 0 Å². The van der Waals surface area contributed by atoms with Gasteiger partial charge in [0.05, 0.1) is 0 Å². The Morgan fingerprint density at radius 1 is 0.234 bits per heavy atom. The van der Waals surface area contributed by atoms with E-state index in [1.807, 2.05) is 13.1 Å². The lowest BCUT2D eigenvalue weighted by Crippen LogP contribution is -2.93. The maximum Gasteiger partial charge on any atom is 0.653 e. The second-order valence-electron chi connectivity index (χ2n) is 24.0. The summed E-state index contributed by atoms with van der Waals surface area (Å²) in [4.78, 5) is 82.7. The lowest BCUT2D eigenvalue weighted by atomic mass is 10.0. The summed E-state index contributed by atoms with van der Waals surface area (Å²) in [6, 6.07) is 0.453. The lowest BCUT2D eigenvalue weighted by Gasteiger charge is -2.60. The van der Waals surface area contributed by atoms with Crippen LogP contribution in [0.2, 0.25) is 111 Å². The van der Waals surface area contributed by atoms with Gasteiger partial charge in [0.2, 0.25) is 0 Å². The molecule has 6 aliphatic heterocycles. The summed E-state index contributed by atoms with van der Waals surface area (Å²) >= 11 is 0. The Bertz CT molecular complexity index is 1730. The van der Waals surface area contributed by atoms with Crippen molar-refractivity contribution in [1.82, 2.24) is 0 Å². The molecule has 6 saturated heterocycles. The molecule has 0 aromatic rings. The summed E-state index contributed by atoms with van der Waals surface area (Å²) in [6.45, 7) is 24.3. The highest BCUT2D eigenvalue weighted by molar-refractivity contribution is 7.03. The van der Waals surface area contributed by atoms with Crippen molar-refractivity contribution in [2.45, 2.75) is 220 Å². The molecule has 0 amide bonds. The van der Waals surface area contributed by atoms with Gasteiger partial charge in [0, 0.05) is 0 Å². The van der Waals surface area contributed by atoms with E-state index in [1.54, 1.807) is 0 Å². The predicted molar refractivity (Wildman–Crippen MR) is 307 cm³/mol. The third-order valence-electron chi connectivity index (χ3n) is 10.7. The standard InChI is InChI=1S/C34H92O27Si16/c1-18-19-20-21-22-23-24-25-26-27-28-29-30-31-32-33-34-62(2,3)42-70-50-71(43-63(4,5)35)53-74(46-66(10,11)38)55-72(51-70,44-64(6,7)36)57-76(48-68(14,15)40)58-73(52-70,45-65(8,9)37)56-75(54-71,47-67(12,13)39)60-77(59-74,61-76)49-69(16,17)41/h35-41H,18-34H2,1-17H3. The fourth-order valence-electron chi connectivity index (χ4n) is 8.47. The smallest absolute Gasteiger partial charge is 0.411 e. The molecule has 27 nitrogen and oxygen atoms in total. The van der Waals surface area contributed by atoms with Gasteiger partial charge in [-0.05, 0) is 111 Å². The molecule has 0 aromatic heterocycles. The normalized spacial score (nSPS) is 33.5. The second kappa shape index (κ2) is 25.6. The van der Waals surface area contributed by atoms with E-state index in [2.05, 4.69) is 6.92 Å². The molecule has 0 aliphatic carbocycles. The summed E-state index contributed by atoms with van der Waals surface area (Å²) < 4.78 is 135. The predicted octanol–water partition coefficient (Wildman–Crippen LogP) is 5.20. The first-order valence-corrected chi connectivity index (χ1v) is 63.0. The maximum atomic E-state index is 11.9. The van der Waals surface area contributed by atoms with E-state index < -0.39 is 141 Å². The van der Waals surface area contributed by atoms with Crippen molar-refractivity contribution in [3.05, 3.63) is 0 Å². The molecule has 6 heterocycles. The van der Waals surface area contributed by atoms with Crippen LogP contribution in [-0.4, -0.2) is 174 Å². The Balaban J connectivity index is 1.69. The first kappa shape index (κ1) is 70.2. The van der Waals surface area contributed by atoms with Gasteiger partial charge < -0.3 is 116 Å². The molecule has 0 spiro atoms. The molecule has 0 aromatic carbocycles. The van der Waals surface area contributed by atoms with E-state index in [0.29, 0.717) is 12.5 Å². The molecule has 454 valence electrons. The Morgan fingerprint density at radius 2 is 0.377 bits per heavy atom. The fraction of sp³-hybridized carbons (Fsp3) is 1.00. The van der Waals surface area contributed by atoms with Crippen LogP contribution in [0.4, 0.5) is 0 Å². The van der Waals surface area contributed by atoms with Gasteiger partial charge in [-0.1, -0.05) is 110 Å². The second-order valence-corrected chi connectivity index (χ2v) is 72.6. The molecule has 8 bridgehead atoms. The molecule has 0 saturated carbocycles. The van der Waals surface area contributed by atoms with Crippen molar-refractivity contribution in [2.75, 3.05) is 0 Å². The zero-order valence-corrected chi connectivity index (χ0v) is 64.3. The largest absolute Gasteiger partial charge is 0.653 e. The molecule has 6 fully saturated rings. The Morgan fingerprint density at radius 3 is 0.532 bits per heavy atom. The van der Waals surface area contributed by atoms with Gasteiger partial charge in [-0.25, -0.2) is 0 Å². The Kier molecular flexibility index (Phi) is 23.3. The van der Waals surface area contributed by atoms with Crippen molar-refractivity contribution < 1.29 is 116 Å². The summed E-state index contributed by atoms with van der Waals surface area (Å²) in [6.07, 6.45) is 18.8. The zero-order chi connectivity index (χ0) is 58.2. The van der Waals surface area contributed by atoms with Crippen LogP contribution in [0.25, 0.3) is 0 Å². The number of hydrogen-bond donors (Lipinski definition) is 7. The summed E-state index contributed by atoms with van der Waals surface area (Å²) in [7, 11) is -78.7. The third kappa shape index (κ3) is 22.9. The number of rotatable bonds is 33. The third-order valence-corrected chi connectivity index (χ3v) is 60.4. The van der Waals surface area contributed by atoms with Crippen LogP contribution in [0.1, 0.15) is 110 Å². The van der Waals surface area contributed by atoms with Crippen molar-refractivity contribution in [2.24, 2.45) is 0 Å². The van der Waals surface area contributed by atoms with Crippen molar-refractivity contribution >= 4 is 141 Å². The van der Waals surface area contributed by atoms with E-state index in [0.717, 1.165) is 25.7 Å². The van der Waals surface area contributed by atoms with Crippen LogP contribution in [0, 0.1) is 0 Å². The van der Waals surface area contributed by atoms with Crippen LogP contribution in [0.15, 0.2) is 0 Å². The van der Waals surface area contributed by atoms with Gasteiger partial charge in [0.15, 0.2) is 8.32 Å². The molecule has 7 N–H and O–H groups in total. The highest BCUT2D eigenvalue weighted by atomic mass is 28.7. The summed E-state index contributed by atoms with van der Waals surface area (Å²) in [5.41, 5.74) is 0. The monoisotopic (exact) mass is 1380 g/mol. The minimum absolute atomic E-state index is 0.453. The minimum atomic E-state index is -5.81. The van der Waals surface area contributed by atoms with Crippen LogP contribution >= 0.6 is 0 Å². The number of hydrogen-bond acceptors (Lipinski definition) is 27. The minimum Gasteiger partial charge on any atom is -0.411 e. The average Bonchev–Trinajstić information content (AvgIpc) is 3.09. The van der Waals surface area contributed by atoms with E-state index in [1.165, 1.54) is 162 Å². The molecule has 77 heavy (non-hydrogen) atoms. The Labute approximate surface area is 473 Å². The molecule has 0 radical (unpaired) electrons. The van der Waals surface area contributed by atoms with Gasteiger partial charge in [-0.3, -0.25) is 0 Å². The molecule has 43 heteroatoms. The van der Waals surface area contributed by atoms with Crippen molar-refractivity contribution in [3.8, 4) is 0 Å². The highest BCUT2D eigenvalue weighted by Gasteiger charge is 2.93. The van der Waals surface area contributed by atoms with E-state index in [-0.39, 0.29) is 0 Å². The van der Waals surface area contributed by atoms with E-state index >= 15 is 0 Å².